The summed E-state index contributed by atoms with van der Waals surface area (Å²) in [5.74, 6) is 0.0255. The molecule has 2 aliphatic rings. The molecule has 2 fully saturated rings. The van der Waals surface area contributed by atoms with Crippen LogP contribution in [-0.4, -0.2) is 48.9 Å². The number of anilines is 1. The minimum absolute atomic E-state index is 0.0223. The number of halogens is 1. The zero-order valence-electron chi connectivity index (χ0n) is 11.7. The van der Waals surface area contributed by atoms with Gasteiger partial charge in [-0.1, -0.05) is 17.7 Å². The van der Waals surface area contributed by atoms with Gasteiger partial charge in [-0.2, -0.15) is 0 Å². The monoisotopic (exact) mass is 307 g/mol. The molecule has 21 heavy (non-hydrogen) atoms. The van der Waals surface area contributed by atoms with Crippen LogP contribution in [0.25, 0.3) is 0 Å². The zero-order valence-corrected chi connectivity index (χ0v) is 12.5. The lowest BCUT2D eigenvalue weighted by Crippen LogP contribution is -2.53. The number of carbonyl (C=O) groups is 2. The van der Waals surface area contributed by atoms with Gasteiger partial charge in [-0.3, -0.25) is 9.59 Å². The summed E-state index contributed by atoms with van der Waals surface area (Å²) in [6, 6.07) is 7.43. The minimum atomic E-state index is -0.324. The molecule has 1 N–H and O–H groups in total. The van der Waals surface area contributed by atoms with Crippen LogP contribution < -0.4 is 10.2 Å². The Morgan fingerprint density at radius 2 is 2.00 bits per heavy atom. The van der Waals surface area contributed by atoms with Crippen molar-refractivity contribution < 1.29 is 9.59 Å². The normalized spacial score (nSPS) is 22.3. The summed E-state index contributed by atoms with van der Waals surface area (Å²) in [6.07, 6.45) is 1.07. The van der Waals surface area contributed by atoms with Gasteiger partial charge in [-0.05, 0) is 24.6 Å². The van der Waals surface area contributed by atoms with Crippen molar-refractivity contribution in [2.45, 2.75) is 18.9 Å². The molecule has 2 saturated heterocycles. The summed E-state index contributed by atoms with van der Waals surface area (Å²) in [5.41, 5.74) is 1.09. The Morgan fingerprint density at radius 3 is 2.62 bits per heavy atom. The van der Waals surface area contributed by atoms with Crippen LogP contribution in [0.2, 0.25) is 5.02 Å². The quantitative estimate of drug-likeness (QED) is 0.895. The first-order valence-corrected chi connectivity index (χ1v) is 7.60. The van der Waals surface area contributed by atoms with E-state index in [-0.39, 0.29) is 17.9 Å². The van der Waals surface area contributed by atoms with E-state index in [1.165, 1.54) is 0 Å². The number of carbonyl (C=O) groups excluding carboxylic acids is 2. The highest BCUT2D eigenvalue weighted by Gasteiger charge is 2.32. The second kappa shape index (κ2) is 5.93. The van der Waals surface area contributed by atoms with Crippen LogP contribution in [0.3, 0.4) is 0 Å². The Morgan fingerprint density at radius 1 is 1.24 bits per heavy atom. The number of hydrogen-bond acceptors (Lipinski definition) is 3. The lowest BCUT2D eigenvalue weighted by Gasteiger charge is -2.37. The van der Waals surface area contributed by atoms with Crippen molar-refractivity contribution in [1.82, 2.24) is 10.2 Å². The fourth-order valence-corrected chi connectivity index (χ4v) is 3.06. The maximum atomic E-state index is 12.3. The van der Waals surface area contributed by atoms with Crippen molar-refractivity contribution in [3.8, 4) is 0 Å². The molecule has 1 aromatic rings. The number of hydrogen-bond donors (Lipinski definition) is 1. The van der Waals surface area contributed by atoms with Crippen LogP contribution in [0.5, 0.6) is 0 Å². The molecule has 0 bridgehead atoms. The maximum Gasteiger partial charge on any atom is 0.245 e. The maximum absolute atomic E-state index is 12.3. The van der Waals surface area contributed by atoms with Crippen LogP contribution in [0, 0.1) is 0 Å². The average Bonchev–Trinajstić information content (AvgIpc) is 2.93. The second-order valence-corrected chi connectivity index (χ2v) is 5.89. The van der Waals surface area contributed by atoms with E-state index in [1.807, 2.05) is 29.2 Å². The first kappa shape index (κ1) is 14.2. The van der Waals surface area contributed by atoms with E-state index in [0.717, 1.165) is 23.8 Å². The van der Waals surface area contributed by atoms with Gasteiger partial charge in [-0.25, -0.2) is 0 Å². The topological polar surface area (TPSA) is 52.7 Å². The summed E-state index contributed by atoms with van der Waals surface area (Å²) in [6.45, 7) is 2.93. The molecule has 0 radical (unpaired) electrons. The third kappa shape index (κ3) is 3.13. The molecule has 0 saturated carbocycles. The average molecular weight is 308 g/mol. The Bertz CT molecular complexity index is 556. The number of piperazine rings is 1. The van der Waals surface area contributed by atoms with Crippen LogP contribution in [0.4, 0.5) is 5.69 Å². The van der Waals surface area contributed by atoms with Crippen LogP contribution in [0.15, 0.2) is 24.3 Å². The Kier molecular flexibility index (Phi) is 4.01. The van der Waals surface area contributed by atoms with E-state index < -0.39 is 0 Å². The highest BCUT2D eigenvalue weighted by Crippen LogP contribution is 2.21. The number of nitrogens with one attached hydrogen (secondary N) is 1. The number of rotatable bonds is 2. The van der Waals surface area contributed by atoms with Gasteiger partial charge in [0.05, 0.1) is 0 Å². The molecule has 2 aliphatic heterocycles. The molecular weight excluding hydrogens is 290 g/mol. The molecule has 5 nitrogen and oxygen atoms in total. The van der Waals surface area contributed by atoms with E-state index in [0.29, 0.717) is 25.9 Å². The summed E-state index contributed by atoms with van der Waals surface area (Å²) >= 11 is 6.01. The fourth-order valence-electron chi connectivity index (χ4n) is 2.88. The molecule has 0 aliphatic carbocycles. The van der Waals surface area contributed by atoms with Crippen LogP contribution in [-0.2, 0) is 9.59 Å². The molecule has 0 aromatic heterocycles. The van der Waals surface area contributed by atoms with Gasteiger partial charge in [0.25, 0.3) is 0 Å². The van der Waals surface area contributed by atoms with Crippen LogP contribution >= 0.6 is 11.6 Å². The van der Waals surface area contributed by atoms with Gasteiger partial charge in [0.2, 0.25) is 11.8 Å². The molecule has 1 aromatic carbocycles. The first-order chi connectivity index (χ1) is 10.1. The summed E-state index contributed by atoms with van der Waals surface area (Å²) < 4.78 is 0. The molecule has 6 heteroatoms. The molecule has 0 spiro atoms. The van der Waals surface area contributed by atoms with Gasteiger partial charge in [-0.15, -0.1) is 0 Å². The zero-order chi connectivity index (χ0) is 14.8. The Hall–Kier alpha value is -1.75. The van der Waals surface area contributed by atoms with Crippen molar-refractivity contribution in [1.29, 1.82) is 0 Å². The lowest BCUT2D eigenvalue weighted by atomic mass is 10.1. The Labute approximate surface area is 128 Å². The molecule has 2 heterocycles. The van der Waals surface area contributed by atoms with Crippen molar-refractivity contribution in [2.24, 2.45) is 0 Å². The number of nitrogens with zero attached hydrogens (tertiary/aromatic N) is 2. The highest BCUT2D eigenvalue weighted by atomic mass is 35.5. The molecule has 3 rings (SSSR count). The third-order valence-electron chi connectivity index (χ3n) is 4.06. The van der Waals surface area contributed by atoms with E-state index in [1.54, 1.807) is 0 Å². The molecule has 112 valence electrons. The second-order valence-electron chi connectivity index (χ2n) is 5.45. The molecule has 1 atom stereocenters. The van der Waals surface area contributed by atoms with Gasteiger partial charge in [0.15, 0.2) is 0 Å². The minimum Gasteiger partial charge on any atom is -0.368 e. The van der Waals surface area contributed by atoms with Gasteiger partial charge in [0, 0.05) is 43.3 Å². The third-order valence-corrected chi connectivity index (χ3v) is 4.29. The summed E-state index contributed by atoms with van der Waals surface area (Å²) in [7, 11) is 0. The first-order valence-electron chi connectivity index (χ1n) is 7.22. The van der Waals surface area contributed by atoms with E-state index in [2.05, 4.69) is 10.2 Å². The highest BCUT2D eigenvalue weighted by molar-refractivity contribution is 6.30. The van der Waals surface area contributed by atoms with E-state index in [4.69, 9.17) is 11.6 Å². The Balaban J connectivity index is 1.57. The predicted molar refractivity (Wildman–Crippen MR) is 81.4 cm³/mol. The van der Waals surface area contributed by atoms with Crippen LogP contribution in [0.1, 0.15) is 12.8 Å². The van der Waals surface area contributed by atoms with Crippen molar-refractivity contribution in [3.63, 3.8) is 0 Å². The molecule has 2 amide bonds. The van der Waals surface area contributed by atoms with Gasteiger partial charge < -0.3 is 15.1 Å². The molecule has 0 unspecified atom stereocenters. The van der Waals surface area contributed by atoms with E-state index in [9.17, 15) is 9.59 Å². The summed E-state index contributed by atoms with van der Waals surface area (Å²) in [4.78, 5) is 27.6. The van der Waals surface area contributed by atoms with E-state index >= 15 is 0 Å². The number of amides is 2. The largest absolute Gasteiger partial charge is 0.368 e. The fraction of sp³-hybridized carbons (Fsp3) is 0.467. The van der Waals surface area contributed by atoms with Gasteiger partial charge >= 0.3 is 0 Å². The number of benzene rings is 1. The standard InChI is InChI=1S/C15H18ClN3O2/c16-11-2-1-3-12(10-11)18-6-8-19(9-7-18)15(21)13-4-5-14(20)17-13/h1-3,10,13H,4-9H2,(H,17,20)/t13-/m1/s1. The smallest absolute Gasteiger partial charge is 0.245 e. The predicted octanol–water partition coefficient (Wildman–Crippen LogP) is 1.27. The lowest BCUT2D eigenvalue weighted by molar-refractivity contribution is -0.134. The SMILES string of the molecule is O=C1CC[C@H](C(=O)N2CCN(c3cccc(Cl)c3)CC2)N1. The van der Waals surface area contributed by atoms with Crippen molar-refractivity contribution >= 4 is 29.1 Å². The van der Waals surface area contributed by atoms with Gasteiger partial charge in [0.1, 0.15) is 6.04 Å². The summed E-state index contributed by atoms with van der Waals surface area (Å²) in [5, 5.41) is 3.46. The van der Waals surface area contributed by atoms with Crippen molar-refractivity contribution in [3.05, 3.63) is 29.3 Å². The van der Waals surface area contributed by atoms with Crippen molar-refractivity contribution in [2.75, 3.05) is 31.1 Å². The molecular formula is C15H18ClN3O2.